The minimum Gasteiger partial charge on any atom is -0.255 e. The quantitative estimate of drug-likeness (QED) is 0.251. The maximum absolute atomic E-state index is 4.94. The van der Waals surface area contributed by atoms with Gasteiger partial charge in [0.05, 0.1) is 10.4 Å². The van der Waals surface area contributed by atoms with Crippen molar-refractivity contribution in [2.45, 2.75) is 46.2 Å². The highest BCUT2D eigenvalue weighted by molar-refractivity contribution is 7.34. The average molecular weight is 466 g/mol. The van der Waals surface area contributed by atoms with Gasteiger partial charge in [0.15, 0.2) is 0 Å². The highest BCUT2D eigenvalue weighted by Crippen LogP contribution is 2.38. The fraction of sp³-hybridized carbons (Fsp3) is 0.233. The average Bonchev–Trinajstić information content (AvgIpc) is 3.16. The Hall–Kier alpha value is -2.75. The summed E-state index contributed by atoms with van der Waals surface area (Å²) < 4.78 is 2.87. The third kappa shape index (κ3) is 3.73. The Morgan fingerprint density at radius 3 is 2.24 bits per heavy atom. The van der Waals surface area contributed by atoms with Gasteiger partial charge in [-0.3, -0.25) is 4.98 Å². The van der Waals surface area contributed by atoms with Crippen LogP contribution < -0.4 is 9.69 Å². The summed E-state index contributed by atoms with van der Waals surface area (Å²) in [6, 6.07) is 26.7. The topological polar surface area (TPSA) is 12.9 Å². The predicted octanol–water partition coefficient (Wildman–Crippen LogP) is 7.55. The van der Waals surface area contributed by atoms with Crippen LogP contribution in [-0.2, 0) is 5.41 Å². The Balaban J connectivity index is 1.76. The van der Waals surface area contributed by atoms with Crippen molar-refractivity contribution in [3.05, 3.63) is 90.1 Å². The fourth-order valence-electron chi connectivity index (χ4n) is 5.00. The number of thiophene rings is 1. The number of aromatic nitrogens is 1. The Morgan fingerprint density at radius 1 is 0.818 bits per heavy atom. The van der Waals surface area contributed by atoms with E-state index in [-0.39, 0.29) is 5.41 Å². The molecule has 0 aliphatic carbocycles. The summed E-state index contributed by atoms with van der Waals surface area (Å²) in [5.41, 5.74) is 5.19. The minimum atomic E-state index is -1.80. The molecule has 5 rings (SSSR count). The molecule has 1 nitrogen and oxygen atoms in total. The molecule has 0 unspecified atom stereocenters. The van der Waals surface area contributed by atoms with E-state index in [1.807, 2.05) is 17.5 Å². The lowest BCUT2D eigenvalue weighted by Gasteiger charge is -2.23. The molecule has 0 fully saturated rings. The second kappa shape index (κ2) is 7.93. The molecule has 2 aromatic heterocycles. The number of nitrogens with zero attached hydrogens (tertiary/aromatic N) is 1. The highest BCUT2D eigenvalue weighted by Gasteiger charge is 2.31. The van der Waals surface area contributed by atoms with Gasteiger partial charge in [-0.15, -0.1) is 11.3 Å². The number of hydrogen-bond acceptors (Lipinski definition) is 2. The van der Waals surface area contributed by atoms with Gasteiger partial charge in [0.1, 0.15) is 8.07 Å². The van der Waals surface area contributed by atoms with Crippen molar-refractivity contribution < 1.29 is 0 Å². The summed E-state index contributed by atoms with van der Waals surface area (Å²) >= 11 is 1.97. The van der Waals surface area contributed by atoms with Crippen molar-refractivity contribution in [2.24, 2.45) is 0 Å². The normalized spacial score (nSPS) is 12.5. The summed E-state index contributed by atoms with van der Waals surface area (Å²) in [6.07, 6.45) is 1.99. The lowest BCUT2D eigenvalue weighted by Crippen LogP contribution is -2.52. The van der Waals surface area contributed by atoms with E-state index < -0.39 is 8.07 Å². The highest BCUT2D eigenvalue weighted by atomic mass is 32.1. The van der Waals surface area contributed by atoms with Crippen LogP contribution in [0.5, 0.6) is 0 Å². The molecule has 0 aliphatic rings. The summed E-state index contributed by atoms with van der Waals surface area (Å²) in [7, 11) is -1.80. The first-order valence-corrected chi connectivity index (χ1v) is 15.5. The molecular weight excluding hydrogens is 434 g/mol. The van der Waals surface area contributed by atoms with E-state index in [1.54, 1.807) is 4.50 Å². The minimum absolute atomic E-state index is 0.0578. The van der Waals surface area contributed by atoms with Crippen LogP contribution in [0.15, 0.2) is 79.0 Å². The van der Waals surface area contributed by atoms with Crippen LogP contribution in [0.1, 0.15) is 31.9 Å². The second-order valence-electron chi connectivity index (χ2n) is 10.6. The largest absolute Gasteiger partial charge is 0.255 e. The molecule has 0 bridgehead atoms. The first-order valence-electron chi connectivity index (χ1n) is 11.7. The molecular formula is C30H31NSSi. The third-order valence-corrected chi connectivity index (χ3v) is 13.1. The van der Waals surface area contributed by atoms with E-state index in [0.717, 1.165) is 5.69 Å². The van der Waals surface area contributed by atoms with Crippen LogP contribution in [-0.4, -0.2) is 13.1 Å². The van der Waals surface area contributed by atoms with Crippen molar-refractivity contribution in [1.29, 1.82) is 0 Å². The number of pyridine rings is 1. The lowest BCUT2D eigenvalue weighted by molar-refractivity contribution is 0.596. The molecule has 0 radical (unpaired) electrons. The Kier molecular flexibility index (Phi) is 5.30. The van der Waals surface area contributed by atoms with E-state index in [9.17, 15) is 0 Å². The van der Waals surface area contributed by atoms with Gasteiger partial charge < -0.3 is 0 Å². The molecule has 3 heteroatoms. The van der Waals surface area contributed by atoms with Gasteiger partial charge in [0.25, 0.3) is 0 Å². The Morgan fingerprint density at radius 2 is 1.52 bits per heavy atom. The molecule has 0 saturated carbocycles. The number of aryl methyl sites for hydroxylation is 1. The zero-order valence-electron chi connectivity index (χ0n) is 20.4. The zero-order chi connectivity index (χ0) is 23.4. The van der Waals surface area contributed by atoms with Gasteiger partial charge >= 0.3 is 0 Å². The lowest BCUT2D eigenvalue weighted by atomic mass is 9.82. The van der Waals surface area contributed by atoms with Crippen LogP contribution in [0.2, 0.25) is 13.1 Å². The number of benzene rings is 3. The summed E-state index contributed by atoms with van der Waals surface area (Å²) in [5, 5.41) is 5.45. The SMILES string of the molecule is Cc1c([Si](C)(C)c2ccccc2)sc2c(-c3cc(C(C)(C)C)c4ccccc4c3)nccc12. The van der Waals surface area contributed by atoms with Gasteiger partial charge in [-0.05, 0) is 62.3 Å². The molecule has 0 spiro atoms. The summed E-state index contributed by atoms with van der Waals surface area (Å²) in [5.74, 6) is 0. The molecule has 0 amide bonds. The fourth-order valence-corrected chi connectivity index (χ4v) is 10.1. The van der Waals surface area contributed by atoms with Gasteiger partial charge in [-0.2, -0.15) is 0 Å². The van der Waals surface area contributed by atoms with Gasteiger partial charge in [-0.1, -0.05) is 93.6 Å². The third-order valence-electron chi connectivity index (χ3n) is 6.86. The van der Waals surface area contributed by atoms with Crippen LogP contribution in [0.25, 0.3) is 32.1 Å². The molecule has 0 aliphatic heterocycles. The van der Waals surface area contributed by atoms with Crippen LogP contribution in [0, 0.1) is 6.92 Å². The zero-order valence-corrected chi connectivity index (χ0v) is 22.2. The monoisotopic (exact) mass is 465 g/mol. The second-order valence-corrected chi connectivity index (χ2v) is 16.3. The smallest absolute Gasteiger partial charge is 0.125 e. The van der Waals surface area contributed by atoms with Gasteiger partial charge in [0, 0.05) is 11.8 Å². The van der Waals surface area contributed by atoms with E-state index in [2.05, 4.69) is 114 Å². The Bertz CT molecular complexity index is 1470. The van der Waals surface area contributed by atoms with Crippen molar-refractivity contribution in [1.82, 2.24) is 4.98 Å². The number of fused-ring (bicyclic) bond motifs is 2. The van der Waals surface area contributed by atoms with Crippen molar-refractivity contribution >= 4 is 50.0 Å². The van der Waals surface area contributed by atoms with E-state index in [0.29, 0.717) is 0 Å². The first kappa shape index (κ1) is 22.1. The molecule has 3 aromatic carbocycles. The summed E-state index contributed by atoms with van der Waals surface area (Å²) in [4.78, 5) is 4.94. The van der Waals surface area contributed by atoms with E-state index in [4.69, 9.17) is 4.98 Å². The van der Waals surface area contributed by atoms with Gasteiger partial charge in [0.2, 0.25) is 0 Å². The first-order chi connectivity index (χ1) is 15.7. The molecule has 166 valence electrons. The predicted molar refractivity (Wildman–Crippen MR) is 149 cm³/mol. The molecule has 2 heterocycles. The molecule has 0 atom stereocenters. The Labute approximate surface area is 202 Å². The van der Waals surface area contributed by atoms with Crippen molar-refractivity contribution in [3.63, 3.8) is 0 Å². The molecule has 0 saturated heterocycles. The van der Waals surface area contributed by atoms with Crippen LogP contribution >= 0.6 is 11.3 Å². The maximum atomic E-state index is 4.94. The molecule has 0 N–H and O–H groups in total. The summed E-state index contributed by atoms with van der Waals surface area (Å²) in [6.45, 7) is 14.1. The van der Waals surface area contributed by atoms with Gasteiger partial charge in [-0.25, -0.2) is 0 Å². The van der Waals surface area contributed by atoms with Crippen LogP contribution in [0.3, 0.4) is 0 Å². The van der Waals surface area contributed by atoms with Crippen LogP contribution in [0.4, 0.5) is 0 Å². The van der Waals surface area contributed by atoms with Crippen molar-refractivity contribution in [3.8, 4) is 11.3 Å². The molecule has 33 heavy (non-hydrogen) atoms. The molecule has 5 aromatic rings. The van der Waals surface area contributed by atoms with E-state index >= 15 is 0 Å². The van der Waals surface area contributed by atoms with Crippen molar-refractivity contribution in [2.75, 3.05) is 0 Å². The standard InChI is InChI=1S/C30H31NSSi/c1-20-24-16-17-31-27(28(24)32-29(20)33(5,6)23-13-8-7-9-14-23)22-18-21-12-10-11-15-25(21)26(19-22)30(2,3)4/h7-19H,1-6H3. The number of rotatable bonds is 3. The van der Waals surface area contributed by atoms with E-state index in [1.165, 1.54) is 42.7 Å². The number of hydrogen-bond donors (Lipinski definition) is 0. The maximum Gasteiger partial charge on any atom is 0.125 e.